The fourth-order valence-corrected chi connectivity index (χ4v) is 4.59. The highest BCUT2D eigenvalue weighted by atomic mass is 79.9. The Labute approximate surface area is 172 Å². The van der Waals surface area contributed by atoms with Crippen LogP contribution in [0.3, 0.4) is 0 Å². The van der Waals surface area contributed by atoms with Gasteiger partial charge in [0.2, 0.25) is 0 Å². The molecular formula is C20H20BrClN2OS. The molecular weight excluding hydrogens is 432 g/mol. The summed E-state index contributed by atoms with van der Waals surface area (Å²) >= 11 is 11.9. The lowest BCUT2D eigenvalue weighted by atomic mass is 10.0. The first kappa shape index (κ1) is 19.4. The van der Waals surface area contributed by atoms with E-state index in [0.717, 1.165) is 33.3 Å². The van der Waals surface area contributed by atoms with Crippen molar-refractivity contribution in [3.63, 3.8) is 0 Å². The number of hydrogen-bond donors (Lipinski definition) is 2. The summed E-state index contributed by atoms with van der Waals surface area (Å²) in [7, 11) is 1.67. The van der Waals surface area contributed by atoms with E-state index >= 15 is 0 Å². The third-order valence-electron chi connectivity index (χ3n) is 4.01. The van der Waals surface area contributed by atoms with Crippen LogP contribution >= 0.6 is 39.3 Å². The Bertz CT molecular complexity index is 812. The second-order valence-electron chi connectivity index (χ2n) is 5.77. The van der Waals surface area contributed by atoms with Crippen LogP contribution in [0, 0.1) is 0 Å². The minimum absolute atomic E-state index is 0.0428. The molecule has 2 aromatic rings. The number of halogens is 2. The van der Waals surface area contributed by atoms with Crippen LogP contribution in [-0.4, -0.2) is 16.8 Å². The zero-order valence-electron chi connectivity index (χ0n) is 14.3. The van der Waals surface area contributed by atoms with E-state index < -0.39 is 3.90 Å². The first-order chi connectivity index (χ1) is 12.5. The van der Waals surface area contributed by atoms with Gasteiger partial charge in [-0.3, -0.25) is 5.32 Å². The third kappa shape index (κ3) is 4.46. The standard InChI is InChI=1S/C20H20BrClN2OS/c1-3-12-26-20(21)23-18(14-8-10-15(25-2)11-9-14)13-19(24-20)16-6-4-5-7-17(16)22/h3-11,13,19,23-24H,1,12H2,2H3/t19-,20-/m0/s1. The van der Waals surface area contributed by atoms with Gasteiger partial charge in [0.25, 0.3) is 0 Å². The minimum Gasteiger partial charge on any atom is -0.497 e. The fraction of sp³-hybridized carbons (Fsp3) is 0.200. The van der Waals surface area contributed by atoms with Gasteiger partial charge in [-0.05, 0) is 63.5 Å². The number of alkyl halides is 1. The molecule has 136 valence electrons. The van der Waals surface area contributed by atoms with Crippen molar-refractivity contribution in [2.24, 2.45) is 0 Å². The van der Waals surface area contributed by atoms with Gasteiger partial charge in [0.05, 0.1) is 13.2 Å². The Balaban J connectivity index is 1.99. The van der Waals surface area contributed by atoms with E-state index in [1.54, 1.807) is 18.9 Å². The third-order valence-corrected chi connectivity index (χ3v) is 6.49. The van der Waals surface area contributed by atoms with Gasteiger partial charge in [0.15, 0.2) is 3.90 Å². The second-order valence-corrected chi connectivity index (χ2v) is 9.13. The van der Waals surface area contributed by atoms with Crippen molar-refractivity contribution < 1.29 is 4.74 Å². The molecule has 1 aliphatic rings. The van der Waals surface area contributed by atoms with Gasteiger partial charge in [-0.2, -0.15) is 0 Å². The quantitative estimate of drug-likeness (QED) is 0.343. The normalized spacial score (nSPS) is 22.3. The molecule has 0 saturated carbocycles. The molecule has 26 heavy (non-hydrogen) atoms. The summed E-state index contributed by atoms with van der Waals surface area (Å²) in [4.78, 5) is 0. The Hall–Kier alpha value is -1.40. The van der Waals surface area contributed by atoms with Gasteiger partial charge in [-0.15, -0.1) is 18.3 Å². The molecule has 0 spiro atoms. The van der Waals surface area contributed by atoms with E-state index in [0.29, 0.717) is 0 Å². The second kappa shape index (κ2) is 8.53. The SMILES string of the molecule is C=CCS[C@@]1(Br)NC(c2ccc(OC)cc2)=C[C@@H](c2ccccc2Cl)N1. The lowest BCUT2D eigenvalue weighted by molar-refractivity contribution is 0.414. The molecule has 0 fully saturated rings. The Morgan fingerprint density at radius 2 is 2.00 bits per heavy atom. The summed E-state index contributed by atoms with van der Waals surface area (Å²) in [5.41, 5.74) is 3.13. The predicted molar refractivity (Wildman–Crippen MR) is 116 cm³/mol. The number of methoxy groups -OCH3 is 1. The maximum absolute atomic E-state index is 6.44. The average molecular weight is 452 g/mol. The van der Waals surface area contributed by atoms with Gasteiger partial charge in [-0.25, -0.2) is 0 Å². The van der Waals surface area contributed by atoms with Crippen molar-refractivity contribution >= 4 is 45.0 Å². The van der Waals surface area contributed by atoms with Crippen LogP contribution in [0.1, 0.15) is 17.2 Å². The number of nitrogens with one attached hydrogen (secondary N) is 2. The van der Waals surface area contributed by atoms with Gasteiger partial charge in [-0.1, -0.05) is 35.9 Å². The molecule has 1 aliphatic heterocycles. The lowest BCUT2D eigenvalue weighted by Gasteiger charge is -2.39. The van der Waals surface area contributed by atoms with E-state index in [2.05, 4.69) is 39.2 Å². The monoisotopic (exact) mass is 450 g/mol. The number of benzene rings is 2. The molecule has 0 amide bonds. The molecule has 1 heterocycles. The molecule has 0 unspecified atom stereocenters. The first-order valence-electron chi connectivity index (χ1n) is 8.15. The van der Waals surface area contributed by atoms with Gasteiger partial charge >= 0.3 is 0 Å². The van der Waals surface area contributed by atoms with Crippen LogP contribution in [0.25, 0.3) is 5.70 Å². The summed E-state index contributed by atoms with van der Waals surface area (Å²) < 4.78 is 4.73. The highest BCUT2D eigenvalue weighted by molar-refractivity contribution is 9.11. The molecule has 0 aliphatic carbocycles. The van der Waals surface area contributed by atoms with Gasteiger partial charge < -0.3 is 10.1 Å². The van der Waals surface area contributed by atoms with Crippen molar-refractivity contribution in [3.05, 3.63) is 83.4 Å². The van der Waals surface area contributed by atoms with E-state index in [1.165, 1.54) is 0 Å². The first-order valence-corrected chi connectivity index (χ1v) is 10.3. The Morgan fingerprint density at radius 3 is 2.65 bits per heavy atom. The highest BCUT2D eigenvalue weighted by Crippen LogP contribution is 2.39. The van der Waals surface area contributed by atoms with E-state index in [-0.39, 0.29) is 6.04 Å². The van der Waals surface area contributed by atoms with Gasteiger partial charge in [0.1, 0.15) is 5.75 Å². The molecule has 3 nitrogen and oxygen atoms in total. The summed E-state index contributed by atoms with van der Waals surface area (Å²) in [6.07, 6.45) is 4.03. The van der Waals surface area contributed by atoms with Crippen molar-refractivity contribution in [2.75, 3.05) is 12.9 Å². The summed E-state index contributed by atoms with van der Waals surface area (Å²) in [6, 6.07) is 15.8. The predicted octanol–water partition coefficient (Wildman–Crippen LogP) is 5.55. The Morgan fingerprint density at radius 1 is 1.27 bits per heavy atom. The maximum atomic E-state index is 6.44. The zero-order chi connectivity index (χ0) is 18.6. The molecule has 2 aromatic carbocycles. The van der Waals surface area contributed by atoms with Crippen LogP contribution in [0.4, 0.5) is 0 Å². The summed E-state index contributed by atoms with van der Waals surface area (Å²) in [5, 5.41) is 7.85. The van der Waals surface area contributed by atoms with Crippen LogP contribution < -0.4 is 15.4 Å². The molecule has 6 heteroatoms. The van der Waals surface area contributed by atoms with Crippen LogP contribution in [0.5, 0.6) is 5.75 Å². The molecule has 2 atom stereocenters. The van der Waals surface area contributed by atoms with Crippen LogP contribution in [0.2, 0.25) is 5.02 Å². The lowest BCUT2D eigenvalue weighted by Crippen LogP contribution is -2.52. The Kier molecular flexibility index (Phi) is 6.35. The molecule has 2 N–H and O–H groups in total. The largest absolute Gasteiger partial charge is 0.497 e. The molecule has 0 radical (unpaired) electrons. The minimum atomic E-state index is -0.533. The molecule has 0 saturated heterocycles. The highest BCUT2D eigenvalue weighted by Gasteiger charge is 2.35. The number of ether oxygens (including phenoxy) is 1. The molecule has 0 aromatic heterocycles. The summed E-state index contributed by atoms with van der Waals surface area (Å²) in [6.45, 7) is 3.82. The summed E-state index contributed by atoms with van der Waals surface area (Å²) in [5.74, 6) is 1.62. The molecule has 3 rings (SSSR count). The zero-order valence-corrected chi connectivity index (χ0v) is 17.5. The smallest absolute Gasteiger partial charge is 0.195 e. The number of thioether (sulfide) groups is 1. The number of hydrogen-bond acceptors (Lipinski definition) is 4. The van der Waals surface area contributed by atoms with E-state index in [9.17, 15) is 0 Å². The number of rotatable bonds is 6. The average Bonchev–Trinajstić information content (AvgIpc) is 2.66. The van der Waals surface area contributed by atoms with Crippen molar-refractivity contribution in [1.29, 1.82) is 0 Å². The van der Waals surface area contributed by atoms with Crippen molar-refractivity contribution in [3.8, 4) is 5.75 Å². The van der Waals surface area contributed by atoms with E-state index in [4.69, 9.17) is 16.3 Å². The van der Waals surface area contributed by atoms with Crippen LogP contribution in [0.15, 0.2) is 67.3 Å². The fourth-order valence-electron chi connectivity index (χ4n) is 2.74. The topological polar surface area (TPSA) is 33.3 Å². The van der Waals surface area contributed by atoms with E-state index in [1.807, 2.05) is 54.6 Å². The van der Waals surface area contributed by atoms with Crippen molar-refractivity contribution in [1.82, 2.24) is 10.6 Å². The molecule has 0 bridgehead atoms. The van der Waals surface area contributed by atoms with Gasteiger partial charge in [0, 0.05) is 16.5 Å². The van der Waals surface area contributed by atoms with Crippen LogP contribution in [-0.2, 0) is 0 Å². The maximum Gasteiger partial charge on any atom is 0.195 e. The van der Waals surface area contributed by atoms with Crippen molar-refractivity contribution in [2.45, 2.75) is 9.95 Å².